The van der Waals surface area contributed by atoms with Gasteiger partial charge < -0.3 is 10.5 Å². The average molecular weight is 231 g/mol. The fourth-order valence-electron chi connectivity index (χ4n) is 1.37. The predicted octanol–water partition coefficient (Wildman–Crippen LogP) is 3.01. The van der Waals surface area contributed by atoms with Crippen molar-refractivity contribution < 1.29 is 13.9 Å². The molecule has 2 N–H and O–H groups in total. The Morgan fingerprint density at radius 1 is 1.12 bits per heavy atom. The second-order valence-electron chi connectivity index (χ2n) is 3.47. The summed E-state index contributed by atoms with van der Waals surface area (Å²) in [6.07, 6.45) is 0.551. The van der Waals surface area contributed by atoms with Crippen LogP contribution >= 0.6 is 0 Å². The summed E-state index contributed by atoms with van der Waals surface area (Å²) in [5.74, 6) is 0.372. The van der Waals surface area contributed by atoms with Crippen LogP contribution in [0.2, 0.25) is 0 Å². The number of aldehydes is 1. The molecule has 0 saturated heterocycles. The highest BCUT2D eigenvalue weighted by molar-refractivity contribution is 5.79. The zero-order chi connectivity index (χ0) is 12.3. The molecule has 4 heteroatoms. The highest BCUT2D eigenvalue weighted by Gasteiger charge is 2.05. The van der Waals surface area contributed by atoms with Gasteiger partial charge in [-0.25, -0.2) is 4.39 Å². The van der Waals surface area contributed by atoms with Gasteiger partial charge in [0.1, 0.15) is 17.3 Å². The predicted molar refractivity (Wildman–Crippen MR) is 62.7 cm³/mol. The number of nitrogen functional groups attached to an aromatic ring is 1. The molecule has 2 aromatic rings. The Morgan fingerprint density at radius 3 is 2.47 bits per heavy atom. The largest absolute Gasteiger partial charge is 0.457 e. The highest BCUT2D eigenvalue weighted by Crippen LogP contribution is 2.25. The zero-order valence-corrected chi connectivity index (χ0v) is 8.89. The van der Waals surface area contributed by atoms with Gasteiger partial charge in [-0.2, -0.15) is 0 Å². The maximum Gasteiger partial charge on any atom is 0.153 e. The van der Waals surface area contributed by atoms with Crippen molar-refractivity contribution >= 4 is 12.0 Å². The third-order valence-corrected chi connectivity index (χ3v) is 2.21. The lowest BCUT2D eigenvalue weighted by Gasteiger charge is -2.07. The van der Waals surface area contributed by atoms with Gasteiger partial charge in [-0.3, -0.25) is 4.79 Å². The minimum Gasteiger partial charge on any atom is -0.457 e. The van der Waals surface area contributed by atoms with E-state index in [-0.39, 0.29) is 5.56 Å². The van der Waals surface area contributed by atoms with E-state index >= 15 is 0 Å². The Morgan fingerprint density at radius 2 is 1.82 bits per heavy atom. The molecule has 3 nitrogen and oxygen atoms in total. The van der Waals surface area contributed by atoms with Crippen molar-refractivity contribution in [2.45, 2.75) is 0 Å². The molecule has 0 amide bonds. The Balaban J connectivity index is 2.29. The van der Waals surface area contributed by atoms with Crippen LogP contribution in [0.1, 0.15) is 10.4 Å². The van der Waals surface area contributed by atoms with Crippen molar-refractivity contribution in [2.24, 2.45) is 0 Å². The third kappa shape index (κ3) is 2.60. The van der Waals surface area contributed by atoms with Crippen LogP contribution < -0.4 is 10.5 Å². The van der Waals surface area contributed by atoms with Gasteiger partial charge in [0.05, 0.1) is 5.56 Å². The molecular weight excluding hydrogens is 221 g/mol. The summed E-state index contributed by atoms with van der Waals surface area (Å²) < 4.78 is 18.4. The van der Waals surface area contributed by atoms with Gasteiger partial charge in [-0.15, -0.1) is 0 Å². The molecule has 0 unspecified atom stereocenters. The first-order chi connectivity index (χ1) is 8.19. The average Bonchev–Trinajstić information content (AvgIpc) is 2.34. The van der Waals surface area contributed by atoms with Crippen molar-refractivity contribution in [1.82, 2.24) is 0 Å². The van der Waals surface area contributed by atoms with E-state index in [9.17, 15) is 9.18 Å². The van der Waals surface area contributed by atoms with Crippen molar-refractivity contribution in [3.8, 4) is 11.5 Å². The lowest BCUT2D eigenvalue weighted by Crippen LogP contribution is -1.92. The SMILES string of the molecule is Nc1ccc(Oc2ccc(F)cc2C=O)cc1. The fraction of sp³-hybridized carbons (Fsp3) is 0. The van der Waals surface area contributed by atoms with Crippen LogP contribution in [0.4, 0.5) is 10.1 Å². The van der Waals surface area contributed by atoms with E-state index in [1.54, 1.807) is 24.3 Å². The minimum absolute atomic E-state index is 0.168. The van der Waals surface area contributed by atoms with E-state index in [1.165, 1.54) is 12.1 Å². The van der Waals surface area contributed by atoms with Crippen molar-refractivity contribution in [1.29, 1.82) is 0 Å². The smallest absolute Gasteiger partial charge is 0.153 e. The first-order valence-electron chi connectivity index (χ1n) is 4.97. The fourth-order valence-corrected chi connectivity index (χ4v) is 1.37. The number of halogens is 1. The molecule has 0 atom stereocenters. The van der Waals surface area contributed by atoms with Crippen LogP contribution in [0.5, 0.6) is 11.5 Å². The van der Waals surface area contributed by atoms with Crippen molar-refractivity contribution in [3.05, 3.63) is 53.8 Å². The molecule has 0 radical (unpaired) electrons. The topological polar surface area (TPSA) is 52.3 Å². The van der Waals surface area contributed by atoms with Gasteiger partial charge in [-0.05, 0) is 42.5 Å². The number of rotatable bonds is 3. The van der Waals surface area contributed by atoms with Crippen LogP contribution in [0.15, 0.2) is 42.5 Å². The molecule has 0 spiro atoms. The van der Waals surface area contributed by atoms with E-state index in [0.29, 0.717) is 23.5 Å². The zero-order valence-electron chi connectivity index (χ0n) is 8.89. The molecule has 0 fully saturated rings. The van der Waals surface area contributed by atoms with Crippen LogP contribution in [0, 0.1) is 5.82 Å². The first-order valence-corrected chi connectivity index (χ1v) is 4.97. The quantitative estimate of drug-likeness (QED) is 0.652. The summed E-state index contributed by atoms with van der Waals surface area (Å²) in [7, 11) is 0. The van der Waals surface area contributed by atoms with Gasteiger partial charge in [0.25, 0.3) is 0 Å². The number of benzene rings is 2. The molecule has 0 saturated carbocycles. The van der Waals surface area contributed by atoms with E-state index in [4.69, 9.17) is 10.5 Å². The number of hydrogen-bond acceptors (Lipinski definition) is 3. The standard InChI is InChI=1S/C13H10FNO2/c14-10-1-6-13(9(7-10)8-16)17-12-4-2-11(15)3-5-12/h1-8H,15H2. The van der Waals surface area contributed by atoms with E-state index in [2.05, 4.69) is 0 Å². The van der Waals surface area contributed by atoms with E-state index in [0.717, 1.165) is 6.07 Å². The molecular formula is C13H10FNO2. The highest BCUT2D eigenvalue weighted by atomic mass is 19.1. The maximum atomic E-state index is 12.9. The van der Waals surface area contributed by atoms with Crippen molar-refractivity contribution in [2.75, 3.05) is 5.73 Å². The van der Waals surface area contributed by atoms with E-state index < -0.39 is 5.82 Å². The number of anilines is 1. The first kappa shape index (κ1) is 11.1. The van der Waals surface area contributed by atoms with Gasteiger partial charge in [0, 0.05) is 5.69 Å². The molecule has 86 valence electrons. The van der Waals surface area contributed by atoms with Crippen LogP contribution in [-0.2, 0) is 0 Å². The Labute approximate surface area is 97.6 Å². The Kier molecular flexibility index (Phi) is 3.05. The summed E-state index contributed by atoms with van der Waals surface area (Å²) in [6, 6.07) is 10.5. The Bertz CT molecular complexity index is 538. The second-order valence-corrected chi connectivity index (χ2v) is 3.47. The number of carbonyl (C=O) groups is 1. The Hall–Kier alpha value is -2.36. The number of nitrogens with two attached hydrogens (primary N) is 1. The molecule has 0 bridgehead atoms. The maximum absolute atomic E-state index is 12.9. The molecule has 0 aromatic heterocycles. The van der Waals surface area contributed by atoms with Gasteiger partial charge in [-0.1, -0.05) is 0 Å². The molecule has 0 aliphatic heterocycles. The molecule has 0 aliphatic carbocycles. The summed E-state index contributed by atoms with van der Waals surface area (Å²) in [5, 5.41) is 0. The number of ether oxygens (including phenoxy) is 1. The summed E-state index contributed by atoms with van der Waals surface area (Å²) >= 11 is 0. The monoisotopic (exact) mass is 231 g/mol. The number of hydrogen-bond donors (Lipinski definition) is 1. The van der Waals surface area contributed by atoms with Gasteiger partial charge >= 0.3 is 0 Å². The minimum atomic E-state index is -0.475. The third-order valence-electron chi connectivity index (χ3n) is 2.21. The lowest BCUT2D eigenvalue weighted by atomic mass is 10.2. The summed E-state index contributed by atoms with van der Waals surface area (Å²) in [5.41, 5.74) is 6.32. The molecule has 17 heavy (non-hydrogen) atoms. The number of carbonyl (C=O) groups excluding carboxylic acids is 1. The van der Waals surface area contributed by atoms with Crippen LogP contribution in [0.3, 0.4) is 0 Å². The second kappa shape index (κ2) is 4.65. The lowest BCUT2D eigenvalue weighted by molar-refractivity contribution is 0.112. The molecule has 2 aromatic carbocycles. The normalized spacial score (nSPS) is 9.94. The van der Waals surface area contributed by atoms with E-state index in [1.807, 2.05) is 0 Å². The van der Waals surface area contributed by atoms with Gasteiger partial charge in [0.15, 0.2) is 6.29 Å². The summed E-state index contributed by atoms with van der Waals surface area (Å²) in [4.78, 5) is 10.8. The van der Waals surface area contributed by atoms with Crippen molar-refractivity contribution in [3.63, 3.8) is 0 Å². The molecule has 0 aliphatic rings. The van der Waals surface area contributed by atoms with Crippen LogP contribution in [-0.4, -0.2) is 6.29 Å². The van der Waals surface area contributed by atoms with Gasteiger partial charge in [0.2, 0.25) is 0 Å². The van der Waals surface area contributed by atoms with Crippen LogP contribution in [0.25, 0.3) is 0 Å². The summed E-state index contributed by atoms with van der Waals surface area (Å²) in [6.45, 7) is 0. The molecule has 2 rings (SSSR count). The molecule has 0 heterocycles.